The van der Waals surface area contributed by atoms with Crippen LogP contribution in [-0.2, 0) is 15.6 Å². The molecule has 1 N–H and O–H groups in total. The van der Waals surface area contributed by atoms with Crippen molar-refractivity contribution in [1.29, 1.82) is 0 Å². The molecule has 4 rings (SSSR count). The summed E-state index contributed by atoms with van der Waals surface area (Å²) in [5, 5.41) is 3.02. The van der Waals surface area contributed by atoms with Crippen LogP contribution in [0.2, 0.25) is 0 Å². The Bertz CT molecular complexity index is 1450. The van der Waals surface area contributed by atoms with Crippen LogP contribution in [0.4, 0.5) is 4.32 Å². The molecule has 1 aromatic heterocycles. The van der Waals surface area contributed by atoms with E-state index in [9.17, 15) is 4.79 Å². The lowest BCUT2D eigenvalue weighted by atomic mass is 9.79. The SMILES string of the molecule is COc1c(/C=C/c2cc(C)c3n2B(F)N2C(=C3)C=CC2(C)CCC(=O)NCCC(C)C)cc(C(C)(C)C)cc1C(C)(C)C. The van der Waals surface area contributed by atoms with Gasteiger partial charge in [0.25, 0.3) is 0 Å². The molecule has 0 fully saturated rings. The molecule has 0 aliphatic carbocycles. The van der Waals surface area contributed by atoms with Gasteiger partial charge in [-0.3, -0.25) is 9.11 Å². The molecule has 1 atom stereocenters. The molecular formula is C36H51BFN3O2. The van der Waals surface area contributed by atoms with Gasteiger partial charge in [0, 0.05) is 46.7 Å². The quantitative estimate of drug-likeness (QED) is 0.300. The average Bonchev–Trinajstić information content (AvgIpc) is 3.41. The maximum Gasteiger partial charge on any atom is 0.593 e. The Kier molecular flexibility index (Phi) is 9.16. The van der Waals surface area contributed by atoms with Crippen LogP contribution in [0.3, 0.4) is 0 Å². The van der Waals surface area contributed by atoms with Gasteiger partial charge in [-0.1, -0.05) is 67.5 Å². The number of nitrogens with one attached hydrogen (secondary N) is 1. The van der Waals surface area contributed by atoms with Gasteiger partial charge in [-0.05, 0) is 91.0 Å². The van der Waals surface area contributed by atoms with E-state index in [4.69, 9.17) is 4.74 Å². The molecule has 0 saturated carbocycles. The van der Waals surface area contributed by atoms with Crippen molar-refractivity contribution in [2.24, 2.45) is 5.92 Å². The van der Waals surface area contributed by atoms with Gasteiger partial charge in [-0.2, -0.15) is 0 Å². The Morgan fingerprint density at radius 1 is 1.12 bits per heavy atom. The van der Waals surface area contributed by atoms with E-state index in [-0.39, 0.29) is 16.7 Å². The van der Waals surface area contributed by atoms with Crippen molar-refractivity contribution in [1.82, 2.24) is 14.6 Å². The highest BCUT2D eigenvalue weighted by atomic mass is 19.1. The number of nitrogens with zero attached hydrogens (tertiary/aromatic N) is 2. The number of hydrogen-bond donors (Lipinski definition) is 1. The third kappa shape index (κ3) is 6.81. The van der Waals surface area contributed by atoms with Crippen molar-refractivity contribution in [3.05, 3.63) is 69.7 Å². The zero-order valence-corrected chi connectivity index (χ0v) is 28.2. The number of fused-ring (bicyclic) bond motifs is 2. The van der Waals surface area contributed by atoms with Crippen molar-refractivity contribution in [2.45, 2.75) is 105 Å². The van der Waals surface area contributed by atoms with Gasteiger partial charge in [-0.15, -0.1) is 0 Å². The van der Waals surface area contributed by atoms with Gasteiger partial charge in [0.2, 0.25) is 5.91 Å². The van der Waals surface area contributed by atoms with E-state index in [0.29, 0.717) is 25.3 Å². The summed E-state index contributed by atoms with van der Waals surface area (Å²) < 4.78 is 24.4. The topological polar surface area (TPSA) is 46.5 Å². The molecule has 0 radical (unpaired) electrons. The second-order valence-corrected chi connectivity index (χ2v) is 15.0. The van der Waals surface area contributed by atoms with Gasteiger partial charge in [0.1, 0.15) is 5.75 Å². The van der Waals surface area contributed by atoms with Gasteiger partial charge in [0.15, 0.2) is 0 Å². The van der Waals surface area contributed by atoms with E-state index in [1.165, 1.54) is 5.56 Å². The number of methoxy groups -OCH3 is 1. The molecule has 43 heavy (non-hydrogen) atoms. The lowest BCUT2D eigenvalue weighted by Crippen LogP contribution is -2.53. The highest BCUT2D eigenvalue weighted by Gasteiger charge is 2.47. The number of aryl methyl sites for hydroxylation is 1. The van der Waals surface area contributed by atoms with Gasteiger partial charge >= 0.3 is 7.26 Å². The molecule has 2 aliphatic rings. The molecule has 1 amide bonds. The van der Waals surface area contributed by atoms with Crippen molar-refractivity contribution in [3.63, 3.8) is 0 Å². The van der Waals surface area contributed by atoms with Crippen LogP contribution in [0.1, 0.15) is 115 Å². The normalized spacial score (nSPS) is 18.4. The maximum atomic E-state index is 16.7. The molecule has 1 aromatic carbocycles. The van der Waals surface area contributed by atoms with E-state index in [1.807, 2.05) is 43.0 Å². The van der Waals surface area contributed by atoms with Crippen molar-refractivity contribution in [3.8, 4) is 5.75 Å². The monoisotopic (exact) mass is 587 g/mol. The molecule has 7 heteroatoms. The molecule has 5 nitrogen and oxygen atoms in total. The van der Waals surface area contributed by atoms with Crippen LogP contribution in [0.25, 0.3) is 18.2 Å². The van der Waals surface area contributed by atoms with Crippen LogP contribution in [0, 0.1) is 12.8 Å². The van der Waals surface area contributed by atoms with E-state index >= 15 is 4.32 Å². The Balaban J connectivity index is 1.66. The molecule has 0 saturated heterocycles. The predicted molar refractivity (Wildman–Crippen MR) is 180 cm³/mol. The maximum absolute atomic E-state index is 16.7. The summed E-state index contributed by atoms with van der Waals surface area (Å²) in [6.45, 7) is 22.3. The number of amides is 1. The number of carbonyl (C=O) groups excluding carboxylic acids is 1. The number of benzene rings is 1. The average molecular weight is 588 g/mol. The van der Waals surface area contributed by atoms with Gasteiger partial charge in [0.05, 0.1) is 7.11 Å². The number of aromatic nitrogens is 1. The third-order valence-corrected chi connectivity index (χ3v) is 8.79. The van der Waals surface area contributed by atoms with Crippen LogP contribution in [0.15, 0.2) is 36.0 Å². The Morgan fingerprint density at radius 3 is 2.42 bits per heavy atom. The summed E-state index contributed by atoms with van der Waals surface area (Å²) in [7, 11) is 0.317. The molecule has 232 valence electrons. The first-order valence-corrected chi connectivity index (χ1v) is 15.7. The molecular weight excluding hydrogens is 536 g/mol. The molecule has 0 bridgehead atoms. The smallest absolute Gasteiger partial charge is 0.496 e. The standard InChI is InChI=1S/C36H51BFN3O2/c1-24(2)16-19-39-32(42)15-18-36(10)17-14-29-23-31-25(3)20-28(40(31)37(38)41(29)36)13-12-26-21-27(34(4,5)6)22-30(33(26)43-11)35(7,8)9/h12-14,17,20-24H,15-16,18-19H2,1-11H3,(H,39,42)/b13-12+. The number of rotatable bonds is 9. The first-order valence-electron chi connectivity index (χ1n) is 15.7. The first-order chi connectivity index (χ1) is 20.0. The molecule has 3 heterocycles. The summed E-state index contributed by atoms with van der Waals surface area (Å²) in [5.41, 5.74) is 6.12. The van der Waals surface area contributed by atoms with E-state index in [1.54, 1.807) is 11.6 Å². The Hall–Kier alpha value is -3.22. The fraction of sp³-hybridized carbons (Fsp3) is 0.528. The molecule has 1 unspecified atom stereocenters. The summed E-state index contributed by atoms with van der Waals surface area (Å²) in [6, 6.07) is 6.50. The molecule has 2 aromatic rings. The first kappa shape index (κ1) is 32.7. The fourth-order valence-corrected chi connectivity index (χ4v) is 6.03. The summed E-state index contributed by atoms with van der Waals surface area (Å²) in [6.07, 6.45) is 12.0. The summed E-state index contributed by atoms with van der Waals surface area (Å²) >= 11 is 0. The molecule has 2 aliphatic heterocycles. The highest BCUT2D eigenvalue weighted by Crippen LogP contribution is 2.42. The zero-order chi connectivity index (χ0) is 31.9. The minimum atomic E-state index is -1.40. The van der Waals surface area contributed by atoms with Crippen LogP contribution in [0.5, 0.6) is 5.75 Å². The fourth-order valence-electron chi connectivity index (χ4n) is 6.03. The van der Waals surface area contributed by atoms with E-state index in [2.05, 4.69) is 85.0 Å². The third-order valence-electron chi connectivity index (χ3n) is 8.79. The minimum Gasteiger partial charge on any atom is -0.496 e. The number of halogens is 1. The van der Waals surface area contributed by atoms with Crippen molar-refractivity contribution >= 4 is 31.4 Å². The summed E-state index contributed by atoms with van der Waals surface area (Å²) in [5.74, 6) is 1.40. The zero-order valence-electron chi connectivity index (χ0n) is 28.2. The Labute approximate surface area is 259 Å². The van der Waals surface area contributed by atoms with Crippen LogP contribution >= 0.6 is 0 Å². The van der Waals surface area contributed by atoms with Crippen molar-refractivity contribution < 1.29 is 13.8 Å². The minimum absolute atomic E-state index is 0.0160. The van der Waals surface area contributed by atoms with Crippen LogP contribution < -0.4 is 10.1 Å². The summed E-state index contributed by atoms with van der Waals surface area (Å²) in [4.78, 5) is 14.4. The lowest BCUT2D eigenvalue weighted by Gasteiger charge is -2.41. The van der Waals surface area contributed by atoms with E-state index < -0.39 is 12.8 Å². The number of hydrogen-bond acceptors (Lipinski definition) is 3. The van der Waals surface area contributed by atoms with Crippen molar-refractivity contribution in [2.75, 3.05) is 13.7 Å². The highest BCUT2D eigenvalue weighted by molar-refractivity contribution is 6.49. The second-order valence-electron chi connectivity index (χ2n) is 15.0. The van der Waals surface area contributed by atoms with Gasteiger partial charge < -0.3 is 19.3 Å². The predicted octanol–water partition coefficient (Wildman–Crippen LogP) is 8.30. The number of ether oxygens (including phenoxy) is 1. The number of allylic oxidation sites excluding steroid dienone is 1. The van der Waals surface area contributed by atoms with Gasteiger partial charge in [-0.25, -0.2) is 0 Å². The largest absolute Gasteiger partial charge is 0.593 e. The second kappa shape index (κ2) is 12.1. The molecule has 0 spiro atoms. The Morgan fingerprint density at radius 2 is 1.81 bits per heavy atom. The number of carbonyl (C=O) groups is 1. The lowest BCUT2D eigenvalue weighted by molar-refractivity contribution is -0.121. The van der Waals surface area contributed by atoms with E-state index in [0.717, 1.165) is 45.9 Å². The van der Waals surface area contributed by atoms with Crippen LogP contribution in [-0.4, -0.2) is 41.6 Å².